The van der Waals surface area contributed by atoms with Crippen molar-refractivity contribution < 1.29 is 4.42 Å². The molecule has 0 aliphatic rings. The zero-order valence-corrected chi connectivity index (χ0v) is 10.9. The predicted octanol–water partition coefficient (Wildman–Crippen LogP) is 3.62. The van der Waals surface area contributed by atoms with E-state index in [1.54, 1.807) is 6.07 Å². The van der Waals surface area contributed by atoms with E-state index in [1.807, 2.05) is 7.05 Å². The Hall–Kier alpha value is -0.290. The van der Waals surface area contributed by atoms with Crippen LogP contribution in [0.1, 0.15) is 5.89 Å². The fourth-order valence-corrected chi connectivity index (χ4v) is 2.21. The van der Waals surface area contributed by atoms with Gasteiger partial charge >= 0.3 is 0 Å². The molecule has 0 radical (unpaired) electrons. The van der Waals surface area contributed by atoms with Crippen molar-refractivity contribution in [1.29, 1.82) is 0 Å². The standard InChI is InChI=1S/C9H7BrCl2N2O/c1-13-3-6-14-8-5(11)2-4(10)7(12)9(8)15-6/h2,13H,3H2,1H3. The fourth-order valence-electron chi connectivity index (χ4n) is 1.25. The minimum atomic E-state index is 0.490. The highest BCUT2D eigenvalue weighted by Crippen LogP contribution is 2.36. The van der Waals surface area contributed by atoms with Gasteiger partial charge < -0.3 is 9.73 Å². The Kier molecular flexibility index (Phi) is 3.21. The van der Waals surface area contributed by atoms with Crippen LogP contribution < -0.4 is 5.32 Å². The van der Waals surface area contributed by atoms with Crippen molar-refractivity contribution >= 4 is 50.2 Å². The van der Waals surface area contributed by atoms with Crippen LogP contribution in [0.4, 0.5) is 0 Å². The van der Waals surface area contributed by atoms with Crippen LogP contribution in [0.25, 0.3) is 11.1 Å². The van der Waals surface area contributed by atoms with Gasteiger partial charge in [-0.3, -0.25) is 0 Å². The average molecular weight is 310 g/mol. The van der Waals surface area contributed by atoms with Gasteiger partial charge in [0.25, 0.3) is 0 Å². The molecule has 1 aromatic heterocycles. The van der Waals surface area contributed by atoms with E-state index in [2.05, 4.69) is 26.2 Å². The number of fused-ring (bicyclic) bond motifs is 1. The Labute approximate surface area is 105 Å². The van der Waals surface area contributed by atoms with Crippen LogP contribution in [0.15, 0.2) is 15.0 Å². The van der Waals surface area contributed by atoms with E-state index >= 15 is 0 Å². The summed E-state index contributed by atoms with van der Waals surface area (Å²) in [5.74, 6) is 0.564. The van der Waals surface area contributed by atoms with Gasteiger partial charge in [0.2, 0.25) is 5.89 Å². The van der Waals surface area contributed by atoms with Crippen LogP contribution in [0.5, 0.6) is 0 Å². The zero-order chi connectivity index (χ0) is 11.0. The molecule has 0 amide bonds. The zero-order valence-electron chi connectivity index (χ0n) is 7.77. The Morgan fingerprint density at radius 2 is 2.27 bits per heavy atom. The van der Waals surface area contributed by atoms with E-state index in [1.165, 1.54) is 0 Å². The van der Waals surface area contributed by atoms with E-state index in [9.17, 15) is 0 Å². The van der Waals surface area contributed by atoms with Crippen LogP contribution in [0, 0.1) is 0 Å². The summed E-state index contributed by atoms with van der Waals surface area (Å²) in [6, 6.07) is 1.71. The lowest BCUT2D eigenvalue weighted by Crippen LogP contribution is -2.04. The van der Waals surface area contributed by atoms with Crippen molar-refractivity contribution in [1.82, 2.24) is 10.3 Å². The number of nitrogens with one attached hydrogen (secondary N) is 1. The minimum Gasteiger partial charge on any atom is -0.438 e. The smallest absolute Gasteiger partial charge is 0.209 e. The second-order valence-corrected chi connectivity index (χ2v) is 4.61. The number of nitrogens with zero attached hydrogens (tertiary/aromatic N) is 1. The van der Waals surface area contributed by atoms with Gasteiger partial charge in [-0.05, 0) is 29.0 Å². The van der Waals surface area contributed by atoms with Gasteiger partial charge in [0.1, 0.15) is 5.52 Å². The van der Waals surface area contributed by atoms with Gasteiger partial charge in [-0.15, -0.1) is 0 Å². The van der Waals surface area contributed by atoms with E-state index < -0.39 is 0 Å². The molecule has 15 heavy (non-hydrogen) atoms. The normalized spacial score (nSPS) is 11.2. The Bertz CT molecular complexity index is 512. The molecule has 1 N–H and O–H groups in total. The van der Waals surface area contributed by atoms with E-state index in [0.29, 0.717) is 38.1 Å². The molecule has 0 fully saturated rings. The fraction of sp³-hybridized carbons (Fsp3) is 0.222. The third-order valence-electron chi connectivity index (χ3n) is 1.89. The van der Waals surface area contributed by atoms with Gasteiger partial charge in [0.05, 0.1) is 16.6 Å². The highest BCUT2D eigenvalue weighted by Gasteiger charge is 2.14. The maximum absolute atomic E-state index is 6.05. The first-order valence-corrected chi connectivity index (χ1v) is 5.76. The molecule has 80 valence electrons. The maximum Gasteiger partial charge on any atom is 0.209 e. The molecule has 0 aliphatic carbocycles. The molecule has 0 saturated carbocycles. The lowest BCUT2D eigenvalue weighted by atomic mass is 10.3. The molecule has 3 nitrogen and oxygen atoms in total. The summed E-state index contributed by atoms with van der Waals surface area (Å²) in [6.07, 6.45) is 0. The molecule has 0 spiro atoms. The monoisotopic (exact) mass is 308 g/mol. The summed E-state index contributed by atoms with van der Waals surface area (Å²) in [4.78, 5) is 4.24. The lowest BCUT2D eigenvalue weighted by molar-refractivity contribution is 0.511. The van der Waals surface area contributed by atoms with Crippen LogP contribution in [-0.2, 0) is 6.54 Å². The number of halogens is 3. The van der Waals surface area contributed by atoms with E-state index in [-0.39, 0.29) is 0 Å². The van der Waals surface area contributed by atoms with Gasteiger partial charge in [0, 0.05) is 4.47 Å². The van der Waals surface area contributed by atoms with Gasteiger partial charge in [0.15, 0.2) is 5.58 Å². The molecule has 0 atom stereocenters. The summed E-state index contributed by atoms with van der Waals surface area (Å²) in [7, 11) is 1.81. The summed E-state index contributed by atoms with van der Waals surface area (Å²) >= 11 is 15.4. The highest BCUT2D eigenvalue weighted by molar-refractivity contribution is 9.10. The molecule has 0 saturated heterocycles. The van der Waals surface area contributed by atoms with Crippen LogP contribution >= 0.6 is 39.1 Å². The summed E-state index contributed by atoms with van der Waals surface area (Å²) in [5, 5.41) is 3.96. The first-order valence-electron chi connectivity index (χ1n) is 4.21. The average Bonchev–Trinajstić information content (AvgIpc) is 2.60. The molecular weight excluding hydrogens is 303 g/mol. The third kappa shape index (κ3) is 1.99. The number of hydrogen-bond donors (Lipinski definition) is 1. The minimum absolute atomic E-state index is 0.490. The van der Waals surface area contributed by atoms with Crippen molar-refractivity contribution in [3.63, 3.8) is 0 Å². The van der Waals surface area contributed by atoms with Crippen molar-refractivity contribution in [2.75, 3.05) is 7.05 Å². The molecule has 2 aromatic rings. The molecule has 2 rings (SSSR count). The van der Waals surface area contributed by atoms with Crippen molar-refractivity contribution in [2.24, 2.45) is 0 Å². The topological polar surface area (TPSA) is 38.1 Å². The quantitative estimate of drug-likeness (QED) is 0.861. The Morgan fingerprint density at radius 1 is 1.53 bits per heavy atom. The predicted molar refractivity (Wildman–Crippen MR) is 64.5 cm³/mol. The van der Waals surface area contributed by atoms with Crippen LogP contribution in [-0.4, -0.2) is 12.0 Å². The summed E-state index contributed by atoms with van der Waals surface area (Å²) in [5.41, 5.74) is 1.11. The van der Waals surface area contributed by atoms with Crippen molar-refractivity contribution in [3.05, 3.63) is 26.5 Å². The molecule has 0 unspecified atom stereocenters. The molecule has 1 aromatic carbocycles. The number of aromatic nitrogens is 1. The molecule has 0 aliphatic heterocycles. The summed E-state index contributed by atoms with van der Waals surface area (Å²) < 4.78 is 6.18. The lowest BCUT2D eigenvalue weighted by Gasteiger charge is -1.96. The number of oxazole rings is 1. The Morgan fingerprint density at radius 3 is 2.93 bits per heavy atom. The van der Waals surface area contributed by atoms with E-state index in [4.69, 9.17) is 27.6 Å². The van der Waals surface area contributed by atoms with E-state index in [0.717, 1.165) is 0 Å². The second-order valence-electron chi connectivity index (χ2n) is 2.97. The number of hydrogen-bond acceptors (Lipinski definition) is 3. The van der Waals surface area contributed by atoms with Gasteiger partial charge in [-0.2, -0.15) is 0 Å². The second kappa shape index (κ2) is 4.29. The van der Waals surface area contributed by atoms with Crippen molar-refractivity contribution in [3.8, 4) is 0 Å². The Balaban J connectivity index is 2.68. The maximum atomic E-state index is 6.05. The number of benzene rings is 1. The third-order valence-corrected chi connectivity index (χ3v) is 3.41. The highest BCUT2D eigenvalue weighted by atomic mass is 79.9. The van der Waals surface area contributed by atoms with Crippen molar-refractivity contribution in [2.45, 2.75) is 6.54 Å². The first kappa shape index (κ1) is 11.2. The largest absolute Gasteiger partial charge is 0.438 e. The number of rotatable bonds is 2. The molecule has 0 bridgehead atoms. The van der Waals surface area contributed by atoms with Crippen LogP contribution in [0.2, 0.25) is 10.0 Å². The molecular formula is C9H7BrCl2N2O. The molecule has 1 heterocycles. The summed E-state index contributed by atoms with van der Waals surface area (Å²) in [6.45, 7) is 0.541. The van der Waals surface area contributed by atoms with Gasteiger partial charge in [-0.1, -0.05) is 23.2 Å². The SMILES string of the molecule is CNCc1nc2c(Cl)cc(Br)c(Cl)c2o1. The first-order chi connectivity index (χ1) is 7.13. The van der Waals surface area contributed by atoms with Gasteiger partial charge in [-0.25, -0.2) is 4.98 Å². The van der Waals surface area contributed by atoms with Crippen LogP contribution in [0.3, 0.4) is 0 Å². The molecule has 6 heteroatoms.